The summed E-state index contributed by atoms with van der Waals surface area (Å²) in [4.78, 5) is 0. The van der Waals surface area contributed by atoms with Crippen LogP contribution in [-0.4, -0.2) is 19.0 Å². The monoisotopic (exact) mass is 186 g/mol. The lowest BCUT2D eigenvalue weighted by Gasteiger charge is -2.23. The van der Waals surface area contributed by atoms with E-state index in [2.05, 4.69) is 34.1 Å². The molecule has 4 atom stereocenters. The topological polar surface area (TPSA) is 0 Å². The summed E-state index contributed by atoms with van der Waals surface area (Å²) >= 11 is 0. The van der Waals surface area contributed by atoms with Crippen molar-refractivity contribution in [3.8, 4) is 0 Å². The van der Waals surface area contributed by atoms with Crippen molar-refractivity contribution in [2.75, 3.05) is 13.3 Å². The van der Waals surface area contributed by atoms with Crippen molar-refractivity contribution >= 4 is 7.92 Å². The maximum atomic E-state index is 2.44. The molecule has 1 rings (SSSR count). The van der Waals surface area contributed by atoms with Gasteiger partial charge in [-0.15, -0.1) is 7.92 Å². The molecular weight excluding hydrogens is 163 g/mol. The van der Waals surface area contributed by atoms with E-state index in [1.165, 1.54) is 12.8 Å². The van der Waals surface area contributed by atoms with E-state index in [0.29, 0.717) is 0 Å². The van der Waals surface area contributed by atoms with E-state index >= 15 is 0 Å². The molecule has 0 aromatic heterocycles. The van der Waals surface area contributed by atoms with E-state index in [-0.39, 0.29) is 7.92 Å². The second kappa shape index (κ2) is 4.09. The highest BCUT2D eigenvalue weighted by molar-refractivity contribution is 7.56. The molecule has 1 fully saturated rings. The summed E-state index contributed by atoms with van der Waals surface area (Å²) in [5.41, 5.74) is 0.966. The van der Waals surface area contributed by atoms with Gasteiger partial charge in [-0.3, -0.25) is 0 Å². The van der Waals surface area contributed by atoms with Crippen LogP contribution in [0.2, 0.25) is 0 Å². The van der Waals surface area contributed by atoms with Crippen LogP contribution >= 0.6 is 7.92 Å². The molecule has 0 N–H and O–H groups in total. The standard InChI is InChI=1S/C11H23P/c1-8(10(3)12(4)5)6-11-7-9(11)2/h8-11H,6-7H2,1-5H3. The highest BCUT2D eigenvalue weighted by Crippen LogP contribution is 2.46. The molecule has 0 heterocycles. The van der Waals surface area contributed by atoms with Gasteiger partial charge in [0.05, 0.1) is 0 Å². The first kappa shape index (κ1) is 10.5. The molecule has 0 aromatic carbocycles. The van der Waals surface area contributed by atoms with Crippen LogP contribution in [-0.2, 0) is 0 Å². The van der Waals surface area contributed by atoms with Crippen LogP contribution in [0.5, 0.6) is 0 Å². The Morgan fingerprint density at radius 3 is 2.17 bits per heavy atom. The summed E-state index contributed by atoms with van der Waals surface area (Å²) in [6, 6.07) is 0. The number of hydrogen-bond donors (Lipinski definition) is 0. The second-order valence-corrected chi connectivity index (χ2v) is 7.63. The summed E-state index contributed by atoms with van der Waals surface area (Å²) in [7, 11) is 0.282. The minimum Gasteiger partial charge on any atom is -0.110 e. The Bertz CT molecular complexity index is 142. The maximum absolute atomic E-state index is 2.44. The van der Waals surface area contributed by atoms with Gasteiger partial charge in [0.2, 0.25) is 0 Å². The average Bonchev–Trinajstić information content (AvgIpc) is 2.64. The van der Waals surface area contributed by atoms with Crippen molar-refractivity contribution in [3.63, 3.8) is 0 Å². The summed E-state index contributed by atoms with van der Waals surface area (Å²) in [5.74, 6) is 3.08. The van der Waals surface area contributed by atoms with E-state index in [1.54, 1.807) is 0 Å². The van der Waals surface area contributed by atoms with Crippen LogP contribution in [0.25, 0.3) is 0 Å². The lowest BCUT2D eigenvalue weighted by Crippen LogP contribution is -2.12. The van der Waals surface area contributed by atoms with E-state index in [1.807, 2.05) is 0 Å². The Morgan fingerprint density at radius 2 is 1.83 bits per heavy atom. The molecule has 0 bridgehead atoms. The zero-order chi connectivity index (χ0) is 9.30. The van der Waals surface area contributed by atoms with Crippen LogP contribution < -0.4 is 0 Å². The molecule has 0 aromatic rings. The molecule has 1 heteroatoms. The zero-order valence-electron chi connectivity index (χ0n) is 9.17. The van der Waals surface area contributed by atoms with Gasteiger partial charge in [0.15, 0.2) is 0 Å². The molecule has 0 spiro atoms. The van der Waals surface area contributed by atoms with Gasteiger partial charge in [0, 0.05) is 0 Å². The highest BCUT2D eigenvalue weighted by Gasteiger charge is 2.34. The molecule has 0 radical (unpaired) electrons. The van der Waals surface area contributed by atoms with Crippen LogP contribution in [0, 0.1) is 17.8 Å². The van der Waals surface area contributed by atoms with E-state index in [0.717, 1.165) is 23.4 Å². The van der Waals surface area contributed by atoms with Crippen LogP contribution in [0.1, 0.15) is 33.6 Å². The second-order valence-electron chi connectivity index (χ2n) is 4.89. The molecule has 1 saturated carbocycles. The third-order valence-corrected chi connectivity index (χ3v) is 5.73. The Balaban J connectivity index is 2.23. The molecule has 0 aliphatic heterocycles. The van der Waals surface area contributed by atoms with Crippen molar-refractivity contribution < 1.29 is 0 Å². The molecule has 1 aliphatic rings. The first-order valence-corrected chi connectivity index (χ1v) is 7.49. The van der Waals surface area contributed by atoms with Gasteiger partial charge >= 0.3 is 0 Å². The highest BCUT2D eigenvalue weighted by atomic mass is 31.1. The van der Waals surface area contributed by atoms with Crippen molar-refractivity contribution in [1.82, 2.24) is 0 Å². The molecule has 0 amide bonds. The quantitative estimate of drug-likeness (QED) is 0.586. The van der Waals surface area contributed by atoms with Gasteiger partial charge in [-0.1, -0.05) is 20.8 Å². The Morgan fingerprint density at radius 1 is 1.33 bits per heavy atom. The summed E-state index contributed by atoms with van der Waals surface area (Å²) in [6.45, 7) is 12.1. The lowest BCUT2D eigenvalue weighted by molar-refractivity contribution is 0.475. The van der Waals surface area contributed by atoms with Crippen molar-refractivity contribution in [1.29, 1.82) is 0 Å². The third-order valence-electron chi connectivity index (χ3n) is 3.59. The van der Waals surface area contributed by atoms with Gasteiger partial charge in [-0.25, -0.2) is 0 Å². The average molecular weight is 186 g/mol. The van der Waals surface area contributed by atoms with E-state index < -0.39 is 0 Å². The molecule has 1 aliphatic carbocycles. The summed E-state index contributed by atoms with van der Waals surface area (Å²) in [6.07, 6.45) is 2.99. The number of rotatable bonds is 4. The van der Waals surface area contributed by atoms with Crippen molar-refractivity contribution in [3.05, 3.63) is 0 Å². The summed E-state index contributed by atoms with van der Waals surface area (Å²) in [5, 5.41) is 0. The molecular formula is C11H23P. The minimum absolute atomic E-state index is 0.282. The van der Waals surface area contributed by atoms with Crippen molar-refractivity contribution in [2.45, 2.75) is 39.3 Å². The number of hydrogen-bond acceptors (Lipinski definition) is 0. The van der Waals surface area contributed by atoms with Crippen LogP contribution in [0.15, 0.2) is 0 Å². The van der Waals surface area contributed by atoms with E-state index in [9.17, 15) is 0 Å². The molecule has 0 saturated heterocycles. The van der Waals surface area contributed by atoms with Gasteiger partial charge in [-0.2, -0.15) is 0 Å². The van der Waals surface area contributed by atoms with E-state index in [4.69, 9.17) is 0 Å². The normalized spacial score (nSPS) is 33.5. The molecule has 12 heavy (non-hydrogen) atoms. The minimum atomic E-state index is 0.282. The third kappa shape index (κ3) is 2.73. The molecule has 72 valence electrons. The fourth-order valence-electron chi connectivity index (χ4n) is 1.91. The van der Waals surface area contributed by atoms with Crippen LogP contribution in [0.4, 0.5) is 0 Å². The summed E-state index contributed by atoms with van der Waals surface area (Å²) < 4.78 is 0. The Hall–Kier alpha value is 0.430. The smallest absolute Gasteiger partial charge is 0.0217 e. The predicted octanol–water partition coefficient (Wildman–Crippen LogP) is 3.80. The van der Waals surface area contributed by atoms with Gasteiger partial charge in [-0.05, 0) is 49.6 Å². The molecule has 4 unspecified atom stereocenters. The Kier molecular flexibility index (Phi) is 3.58. The first-order chi connectivity index (χ1) is 5.52. The van der Waals surface area contributed by atoms with Gasteiger partial charge in [0.25, 0.3) is 0 Å². The predicted molar refractivity (Wildman–Crippen MR) is 59.3 cm³/mol. The lowest BCUT2D eigenvalue weighted by atomic mass is 10.0. The SMILES string of the molecule is CC1CC1CC(C)C(C)P(C)C. The molecule has 0 nitrogen and oxygen atoms in total. The fraction of sp³-hybridized carbons (Fsp3) is 1.00. The largest absolute Gasteiger partial charge is 0.110 e. The van der Waals surface area contributed by atoms with Crippen LogP contribution in [0.3, 0.4) is 0 Å². The van der Waals surface area contributed by atoms with Gasteiger partial charge < -0.3 is 0 Å². The van der Waals surface area contributed by atoms with Crippen molar-refractivity contribution in [2.24, 2.45) is 17.8 Å². The van der Waals surface area contributed by atoms with Gasteiger partial charge in [0.1, 0.15) is 0 Å². The Labute approximate surface area is 78.9 Å². The zero-order valence-corrected chi connectivity index (χ0v) is 10.1. The maximum Gasteiger partial charge on any atom is -0.0217 e. The fourth-order valence-corrected chi connectivity index (χ4v) is 3.05. The first-order valence-electron chi connectivity index (χ1n) is 5.18.